The van der Waals surface area contributed by atoms with Gasteiger partial charge in [0.2, 0.25) is 0 Å². The van der Waals surface area contributed by atoms with Crippen LogP contribution >= 0.6 is 0 Å². The van der Waals surface area contributed by atoms with Gasteiger partial charge in [-0.3, -0.25) is 24.7 Å². The minimum absolute atomic E-state index is 0.0529. The number of nitrogens with zero attached hydrogens (tertiary/aromatic N) is 2. The Morgan fingerprint density at radius 2 is 1.79 bits per heavy atom. The summed E-state index contributed by atoms with van der Waals surface area (Å²) in [5.41, 5.74) is 0.180. The van der Waals surface area contributed by atoms with Crippen molar-refractivity contribution < 1.29 is 28.8 Å². The molecule has 0 spiro atoms. The minimum atomic E-state index is -1.18. The molecule has 0 fully saturated rings. The number of carbonyl (C=O) groups excluding carboxylic acids is 3. The van der Waals surface area contributed by atoms with Crippen LogP contribution in [0.3, 0.4) is 0 Å². The highest BCUT2D eigenvalue weighted by atomic mass is 16.6. The van der Waals surface area contributed by atoms with E-state index in [1.165, 1.54) is 18.2 Å². The van der Waals surface area contributed by atoms with Gasteiger partial charge in [-0.05, 0) is 20.8 Å². The average Bonchev–Trinajstić information content (AvgIpc) is 2.67. The van der Waals surface area contributed by atoms with Crippen molar-refractivity contribution in [1.29, 1.82) is 0 Å². The number of rotatable bonds is 7. The number of esters is 2. The van der Waals surface area contributed by atoms with Crippen LogP contribution in [0.15, 0.2) is 29.3 Å². The Morgan fingerprint density at radius 3 is 2.36 bits per heavy atom. The largest absolute Gasteiger partial charge is 0.466 e. The third-order valence-electron chi connectivity index (χ3n) is 4.65. The lowest BCUT2D eigenvalue weighted by molar-refractivity contribution is -0.385. The fraction of sp³-hybridized carbons (Fsp3) is 0.474. The molecular weight excluding hydrogens is 368 g/mol. The van der Waals surface area contributed by atoms with Gasteiger partial charge in [-0.1, -0.05) is 18.2 Å². The fourth-order valence-electron chi connectivity index (χ4n) is 3.57. The van der Waals surface area contributed by atoms with Gasteiger partial charge in [-0.25, -0.2) is 0 Å². The molecular formula is C19H22N2O7. The van der Waals surface area contributed by atoms with Gasteiger partial charge in [-0.15, -0.1) is 0 Å². The Bertz CT molecular complexity index is 805. The molecule has 0 bridgehead atoms. The molecule has 150 valence electrons. The Labute approximate surface area is 161 Å². The number of ether oxygens (including phenoxy) is 2. The van der Waals surface area contributed by atoms with Crippen molar-refractivity contribution in [3.05, 3.63) is 39.9 Å². The number of hydrogen-bond donors (Lipinski definition) is 0. The smallest absolute Gasteiger partial charge is 0.315 e. The summed E-state index contributed by atoms with van der Waals surface area (Å²) < 4.78 is 10.2. The van der Waals surface area contributed by atoms with Crippen molar-refractivity contribution in [3.8, 4) is 0 Å². The number of nitro groups is 1. The van der Waals surface area contributed by atoms with Gasteiger partial charge in [0.1, 0.15) is 18.2 Å². The van der Waals surface area contributed by atoms with Gasteiger partial charge >= 0.3 is 11.9 Å². The zero-order chi connectivity index (χ0) is 20.8. The van der Waals surface area contributed by atoms with Gasteiger partial charge in [0, 0.05) is 23.3 Å². The number of hydrogen-bond acceptors (Lipinski definition) is 8. The first kappa shape index (κ1) is 21.2. The minimum Gasteiger partial charge on any atom is -0.466 e. The summed E-state index contributed by atoms with van der Waals surface area (Å²) >= 11 is 0. The SMILES string of the molecule is CCOC(=O)C1C(C)=NC(C=O)C(C(=O)OCC)C1c1ccccc1[N+](=O)[O-]. The summed E-state index contributed by atoms with van der Waals surface area (Å²) in [6, 6.07) is 4.71. The third kappa shape index (κ3) is 4.08. The van der Waals surface area contributed by atoms with Crippen LogP contribution < -0.4 is 0 Å². The van der Waals surface area contributed by atoms with Gasteiger partial charge in [-0.2, -0.15) is 0 Å². The van der Waals surface area contributed by atoms with E-state index >= 15 is 0 Å². The van der Waals surface area contributed by atoms with E-state index < -0.39 is 40.7 Å². The highest BCUT2D eigenvalue weighted by Gasteiger charge is 2.50. The lowest BCUT2D eigenvalue weighted by Crippen LogP contribution is -2.47. The lowest BCUT2D eigenvalue weighted by Gasteiger charge is -2.36. The van der Waals surface area contributed by atoms with Crippen LogP contribution in [-0.2, 0) is 23.9 Å². The normalized spacial score (nSPS) is 24.0. The maximum Gasteiger partial charge on any atom is 0.315 e. The number of aldehydes is 1. The second-order valence-electron chi connectivity index (χ2n) is 6.25. The molecule has 0 saturated carbocycles. The number of nitro benzene ring substituents is 1. The maximum atomic E-state index is 12.7. The quantitative estimate of drug-likeness (QED) is 0.302. The van der Waals surface area contributed by atoms with Crippen molar-refractivity contribution in [2.75, 3.05) is 13.2 Å². The topological polar surface area (TPSA) is 125 Å². The first-order valence-corrected chi connectivity index (χ1v) is 8.93. The van der Waals surface area contributed by atoms with E-state index in [0.717, 1.165) is 0 Å². The zero-order valence-corrected chi connectivity index (χ0v) is 15.9. The predicted molar refractivity (Wildman–Crippen MR) is 99.0 cm³/mol. The first-order chi connectivity index (χ1) is 13.4. The Kier molecular flexibility index (Phi) is 6.97. The van der Waals surface area contributed by atoms with E-state index in [-0.39, 0.29) is 30.2 Å². The molecule has 0 aliphatic carbocycles. The summed E-state index contributed by atoms with van der Waals surface area (Å²) in [7, 11) is 0. The molecule has 1 aromatic carbocycles. The molecule has 1 aromatic rings. The van der Waals surface area contributed by atoms with Crippen LogP contribution in [-0.4, -0.2) is 48.1 Å². The molecule has 9 heteroatoms. The van der Waals surface area contributed by atoms with Crippen molar-refractivity contribution >= 4 is 29.6 Å². The molecule has 0 N–H and O–H groups in total. The maximum absolute atomic E-state index is 12.7. The van der Waals surface area contributed by atoms with Crippen LogP contribution in [0.1, 0.15) is 32.3 Å². The van der Waals surface area contributed by atoms with Gasteiger partial charge in [0.25, 0.3) is 5.69 Å². The summed E-state index contributed by atoms with van der Waals surface area (Å²) in [4.78, 5) is 52.2. The fourth-order valence-corrected chi connectivity index (χ4v) is 3.57. The van der Waals surface area contributed by atoms with Crippen LogP contribution in [0.25, 0.3) is 0 Å². The van der Waals surface area contributed by atoms with E-state index in [4.69, 9.17) is 9.47 Å². The predicted octanol–water partition coefficient (Wildman–Crippen LogP) is 2.08. The van der Waals surface area contributed by atoms with Gasteiger partial charge in [0.15, 0.2) is 0 Å². The molecule has 1 aliphatic heterocycles. The van der Waals surface area contributed by atoms with Gasteiger partial charge < -0.3 is 14.3 Å². The molecule has 1 aliphatic rings. The number of benzene rings is 1. The molecule has 0 aromatic heterocycles. The van der Waals surface area contributed by atoms with Gasteiger partial charge in [0.05, 0.1) is 24.1 Å². The second-order valence-corrected chi connectivity index (χ2v) is 6.25. The van der Waals surface area contributed by atoms with Crippen LogP contribution in [0.4, 0.5) is 5.69 Å². The third-order valence-corrected chi connectivity index (χ3v) is 4.65. The van der Waals surface area contributed by atoms with E-state index in [1.807, 2.05) is 0 Å². The molecule has 0 saturated heterocycles. The highest BCUT2D eigenvalue weighted by molar-refractivity contribution is 6.04. The Balaban J connectivity index is 2.74. The van der Waals surface area contributed by atoms with E-state index in [9.17, 15) is 24.5 Å². The van der Waals surface area contributed by atoms with Crippen molar-refractivity contribution in [2.24, 2.45) is 16.8 Å². The van der Waals surface area contributed by atoms with Crippen LogP contribution in [0.2, 0.25) is 0 Å². The molecule has 4 unspecified atom stereocenters. The second kappa shape index (κ2) is 9.20. The number of para-hydroxylation sites is 1. The van der Waals surface area contributed by atoms with Crippen molar-refractivity contribution in [1.82, 2.24) is 0 Å². The zero-order valence-electron chi connectivity index (χ0n) is 15.9. The van der Waals surface area contributed by atoms with E-state index in [1.54, 1.807) is 26.8 Å². The van der Waals surface area contributed by atoms with Crippen LogP contribution in [0.5, 0.6) is 0 Å². The number of aliphatic imine (C=N–C) groups is 1. The summed E-state index contributed by atoms with van der Waals surface area (Å²) in [6.07, 6.45) is 0.494. The molecule has 0 radical (unpaired) electrons. The van der Waals surface area contributed by atoms with Crippen LogP contribution in [0, 0.1) is 22.0 Å². The lowest BCUT2D eigenvalue weighted by atomic mass is 9.69. The average molecular weight is 390 g/mol. The monoisotopic (exact) mass is 390 g/mol. The van der Waals surface area contributed by atoms with E-state index in [0.29, 0.717) is 6.29 Å². The molecule has 0 amide bonds. The summed E-state index contributed by atoms with van der Waals surface area (Å²) in [6.45, 7) is 4.92. The molecule has 1 heterocycles. The van der Waals surface area contributed by atoms with Crippen molar-refractivity contribution in [2.45, 2.75) is 32.7 Å². The molecule has 28 heavy (non-hydrogen) atoms. The standard InChI is InChI=1S/C19H22N2O7/c1-4-27-18(23)15-11(3)20-13(10-22)17(19(24)28-5-2)16(15)12-8-6-7-9-14(12)21(25)26/h6-10,13,15-17H,4-5H2,1-3H3. The molecule has 9 nitrogen and oxygen atoms in total. The Hall–Kier alpha value is -3.10. The van der Waals surface area contributed by atoms with E-state index in [2.05, 4.69) is 4.99 Å². The van der Waals surface area contributed by atoms with Crippen molar-refractivity contribution in [3.63, 3.8) is 0 Å². The number of carbonyl (C=O) groups is 3. The first-order valence-electron chi connectivity index (χ1n) is 8.93. The summed E-state index contributed by atoms with van der Waals surface area (Å²) in [5, 5.41) is 11.6. The molecule has 2 rings (SSSR count). The summed E-state index contributed by atoms with van der Waals surface area (Å²) in [5.74, 6) is -4.66. The Morgan fingerprint density at radius 1 is 1.18 bits per heavy atom. The molecule has 4 atom stereocenters. The highest BCUT2D eigenvalue weighted by Crippen LogP contribution is 2.43.